The Balaban J connectivity index is 2.49. The third-order valence-electron chi connectivity index (χ3n) is 2.47. The maximum atomic E-state index is 13.1. The number of hydrogen-bond acceptors (Lipinski definition) is 4. The summed E-state index contributed by atoms with van der Waals surface area (Å²) in [4.78, 5) is 14.2. The van der Waals surface area contributed by atoms with Crippen molar-refractivity contribution in [3.8, 4) is 0 Å². The second-order valence-electron chi connectivity index (χ2n) is 3.91. The van der Waals surface area contributed by atoms with Gasteiger partial charge in [-0.1, -0.05) is 6.07 Å². The number of aromatic nitrogens is 1. The number of carboxylic acid groups (broad SMARTS) is 1. The van der Waals surface area contributed by atoms with Crippen molar-refractivity contribution in [1.82, 2.24) is 4.98 Å². The largest absolute Gasteiger partial charge is 0.478 e. The highest BCUT2D eigenvalue weighted by molar-refractivity contribution is 9.10. The summed E-state index contributed by atoms with van der Waals surface area (Å²) < 4.78 is 39.7. The zero-order chi connectivity index (χ0) is 15.6. The minimum atomic E-state index is -4.16. The van der Waals surface area contributed by atoms with Gasteiger partial charge in [-0.3, -0.25) is 9.71 Å². The van der Waals surface area contributed by atoms with Crippen LogP contribution in [0, 0.1) is 5.82 Å². The van der Waals surface area contributed by atoms with Crippen LogP contribution >= 0.6 is 15.9 Å². The fraction of sp³-hybridized carbons (Fsp3) is 0. The molecule has 0 amide bonds. The molecule has 0 atom stereocenters. The Morgan fingerprint density at radius 2 is 2.05 bits per heavy atom. The molecule has 9 heteroatoms. The molecule has 1 aromatic heterocycles. The van der Waals surface area contributed by atoms with Crippen LogP contribution in [0.15, 0.2) is 46.0 Å². The third kappa shape index (κ3) is 3.37. The molecule has 0 radical (unpaired) electrons. The van der Waals surface area contributed by atoms with Crippen LogP contribution in [0.25, 0.3) is 0 Å². The third-order valence-corrected chi connectivity index (χ3v) is 4.45. The van der Waals surface area contributed by atoms with E-state index in [0.29, 0.717) is 0 Å². The van der Waals surface area contributed by atoms with Crippen LogP contribution in [-0.2, 0) is 10.0 Å². The first-order chi connectivity index (χ1) is 9.81. The van der Waals surface area contributed by atoms with Gasteiger partial charge in [-0.25, -0.2) is 17.6 Å². The second kappa shape index (κ2) is 5.78. The molecular formula is C12H8BrFN2O4S. The summed E-state index contributed by atoms with van der Waals surface area (Å²) in [6.07, 6.45) is 1.82. The number of pyridine rings is 1. The molecule has 110 valence electrons. The lowest BCUT2D eigenvalue weighted by atomic mass is 10.2. The van der Waals surface area contributed by atoms with E-state index in [-0.39, 0.29) is 15.7 Å². The molecule has 0 saturated heterocycles. The maximum absolute atomic E-state index is 13.1. The number of anilines is 1. The maximum Gasteiger partial charge on any atom is 0.337 e. The Labute approximate surface area is 127 Å². The average Bonchev–Trinajstić information content (AvgIpc) is 2.40. The van der Waals surface area contributed by atoms with Gasteiger partial charge in [0.1, 0.15) is 10.7 Å². The summed E-state index contributed by atoms with van der Waals surface area (Å²) in [5.74, 6) is -2.12. The zero-order valence-corrected chi connectivity index (χ0v) is 12.6. The Morgan fingerprint density at radius 1 is 1.33 bits per heavy atom. The van der Waals surface area contributed by atoms with Crippen LogP contribution in [-0.4, -0.2) is 24.5 Å². The number of aromatic carboxylic acids is 1. The first kappa shape index (κ1) is 15.4. The fourth-order valence-corrected chi connectivity index (χ4v) is 3.21. The molecule has 6 nitrogen and oxygen atoms in total. The van der Waals surface area contributed by atoms with E-state index in [4.69, 9.17) is 5.11 Å². The molecule has 2 aromatic rings. The van der Waals surface area contributed by atoms with Crippen LogP contribution in [0.1, 0.15) is 10.4 Å². The molecule has 0 unspecified atom stereocenters. The molecule has 2 rings (SSSR count). The molecule has 21 heavy (non-hydrogen) atoms. The Hall–Kier alpha value is -2.00. The number of hydrogen-bond donors (Lipinski definition) is 2. The molecule has 0 saturated carbocycles. The molecule has 0 aliphatic heterocycles. The molecule has 1 aromatic carbocycles. The SMILES string of the molecule is O=C(O)c1cccc(Br)c1NS(=O)(=O)c1cncc(F)c1. The van der Waals surface area contributed by atoms with Crippen molar-refractivity contribution in [3.63, 3.8) is 0 Å². The molecule has 1 heterocycles. The second-order valence-corrected chi connectivity index (χ2v) is 6.45. The van der Waals surface area contributed by atoms with Crippen molar-refractivity contribution in [3.05, 3.63) is 52.5 Å². The Kier molecular flexibility index (Phi) is 4.24. The van der Waals surface area contributed by atoms with E-state index < -0.39 is 26.7 Å². The number of sulfonamides is 1. The van der Waals surface area contributed by atoms with E-state index in [2.05, 4.69) is 25.6 Å². The van der Waals surface area contributed by atoms with Gasteiger partial charge >= 0.3 is 5.97 Å². The molecule has 0 spiro atoms. The topological polar surface area (TPSA) is 96.4 Å². The van der Waals surface area contributed by atoms with E-state index in [1.165, 1.54) is 18.2 Å². The van der Waals surface area contributed by atoms with E-state index in [0.717, 1.165) is 18.5 Å². The monoisotopic (exact) mass is 374 g/mol. The number of nitrogens with zero attached hydrogens (tertiary/aromatic N) is 1. The van der Waals surface area contributed by atoms with Crippen molar-refractivity contribution in [2.24, 2.45) is 0 Å². The smallest absolute Gasteiger partial charge is 0.337 e. The van der Waals surface area contributed by atoms with Gasteiger partial charge < -0.3 is 5.11 Å². The highest BCUT2D eigenvalue weighted by Gasteiger charge is 2.21. The van der Waals surface area contributed by atoms with Crippen molar-refractivity contribution < 1.29 is 22.7 Å². The normalized spacial score (nSPS) is 11.1. The first-order valence-corrected chi connectivity index (χ1v) is 7.74. The van der Waals surface area contributed by atoms with Gasteiger partial charge in [-0.2, -0.15) is 0 Å². The van der Waals surface area contributed by atoms with Gasteiger partial charge in [0.15, 0.2) is 0 Å². The van der Waals surface area contributed by atoms with Gasteiger partial charge in [0.2, 0.25) is 0 Å². The van der Waals surface area contributed by atoms with Crippen molar-refractivity contribution in [2.75, 3.05) is 4.72 Å². The van der Waals surface area contributed by atoms with Gasteiger partial charge in [-0.15, -0.1) is 0 Å². The summed E-state index contributed by atoms with van der Waals surface area (Å²) in [5, 5.41) is 9.07. The lowest BCUT2D eigenvalue weighted by Gasteiger charge is -2.12. The van der Waals surface area contributed by atoms with E-state index >= 15 is 0 Å². The van der Waals surface area contributed by atoms with Crippen LogP contribution in [0.4, 0.5) is 10.1 Å². The number of nitrogens with one attached hydrogen (secondary N) is 1. The highest BCUT2D eigenvalue weighted by Crippen LogP contribution is 2.28. The molecule has 0 fully saturated rings. The minimum absolute atomic E-state index is 0.144. The Bertz CT molecular complexity index is 811. The van der Waals surface area contributed by atoms with Gasteiger partial charge in [0.05, 0.1) is 17.4 Å². The summed E-state index contributed by atoms with van der Waals surface area (Å²) in [7, 11) is -4.16. The predicted molar refractivity (Wildman–Crippen MR) is 76.1 cm³/mol. The van der Waals surface area contributed by atoms with E-state index in [1.807, 2.05) is 0 Å². The van der Waals surface area contributed by atoms with Crippen LogP contribution in [0.2, 0.25) is 0 Å². The lowest BCUT2D eigenvalue weighted by Crippen LogP contribution is -2.16. The summed E-state index contributed by atoms with van der Waals surface area (Å²) in [6, 6.07) is 4.96. The van der Waals surface area contributed by atoms with Crippen LogP contribution in [0.5, 0.6) is 0 Å². The average molecular weight is 375 g/mol. The van der Waals surface area contributed by atoms with Crippen molar-refractivity contribution in [2.45, 2.75) is 4.90 Å². The molecule has 0 aliphatic rings. The highest BCUT2D eigenvalue weighted by atomic mass is 79.9. The Morgan fingerprint density at radius 3 is 2.67 bits per heavy atom. The van der Waals surface area contributed by atoms with Gasteiger partial charge in [-0.05, 0) is 34.1 Å². The standard InChI is InChI=1S/C12H8BrFN2O4S/c13-10-3-1-2-9(12(17)18)11(10)16-21(19,20)8-4-7(14)5-15-6-8/h1-6,16H,(H,17,18). The number of benzene rings is 1. The lowest BCUT2D eigenvalue weighted by molar-refractivity contribution is 0.0698. The minimum Gasteiger partial charge on any atom is -0.478 e. The fourth-order valence-electron chi connectivity index (χ4n) is 1.54. The summed E-state index contributed by atoms with van der Waals surface area (Å²) in [6.45, 7) is 0. The van der Waals surface area contributed by atoms with Gasteiger partial charge in [0, 0.05) is 10.7 Å². The number of carbonyl (C=O) groups is 1. The number of carboxylic acids is 1. The first-order valence-electron chi connectivity index (χ1n) is 5.46. The van der Waals surface area contributed by atoms with Gasteiger partial charge in [0.25, 0.3) is 10.0 Å². The molecule has 0 aliphatic carbocycles. The van der Waals surface area contributed by atoms with Crippen LogP contribution < -0.4 is 4.72 Å². The van der Waals surface area contributed by atoms with Crippen molar-refractivity contribution >= 4 is 37.6 Å². The molecule has 2 N–H and O–H groups in total. The van der Waals surface area contributed by atoms with Crippen molar-refractivity contribution in [1.29, 1.82) is 0 Å². The predicted octanol–water partition coefficient (Wildman–Crippen LogP) is 2.48. The quantitative estimate of drug-likeness (QED) is 0.856. The molecular weight excluding hydrogens is 367 g/mol. The number of para-hydroxylation sites is 1. The van der Waals surface area contributed by atoms with E-state index in [9.17, 15) is 17.6 Å². The zero-order valence-electron chi connectivity index (χ0n) is 10.2. The number of rotatable bonds is 4. The summed E-state index contributed by atoms with van der Waals surface area (Å²) in [5.41, 5.74) is -0.383. The number of halogens is 2. The molecule has 0 bridgehead atoms. The van der Waals surface area contributed by atoms with Crippen LogP contribution in [0.3, 0.4) is 0 Å². The summed E-state index contributed by atoms with van der Waals surface area (Å²) >= 11 is 3.08. The van der Waals surface area contributed by atoms with E-state index in [1.54, 1.807) is 0 Å².